The maximum atomic E-state index is 5.81. The van der Waals surface area contributed by atoms with Gasteiger partial charge in [-0.2, -0.15) is 5.10 Å². The van der Waals surface area contributed by atoms with E-state index in [1.165, 1.54) is 14.2 Å². The fourth-order valence-electron chi connectivity index (χ4n) is 1.05. The van der Waals surface area contributed by atoms with Crippen LogP contribution in [-0.4, -0.2) is 24.0 Å². The summed E-state index contributed by atoms with van der Waals surface area (Å²) < 4.78 is 17.2. The molecular weight excluding hydrogens is 271 g/mol. The van der Waals surface area contributed by atoms with Crippen LogP contribution in [0.4, 0.5) is 0 Å². The first-order valence-corrected chi connectivity index (χ1v) is 7.51. The Hall–Kier alpha value is -0.130. The van der Waals surface area contributed by atoms with Crippen LogP contribution >= 0.6 is 18.3 Å². The minimum absolute atomic E-state index is 0.111. The minimum Gasteiger partial charge on any atom is -0.406 e. The number of rotatable bonds is 5. The summed E-state index contributed by atoms with van der Waals surface area (Å²) in [4.78, 5) is 0. The molecule has 0 aliphatic carbocycles. The summed E-state index contributed by atoms with van der Waals surface area (Å²) >= 11 is 10.9. The van der Waals surface area contributed by atoms with Crippen LogP contribution in [0.15, 0.2) is 6.07 Å². The number of nitrogens with zero attached hydrogens (tertiary/aromatic N) is 2. The zero-order valence-electron chi connectivity index (χ0n) is 9.51. The van der Waals surface area contributed by atoms with Gasteiger partial charge in [0.1, 0.15) is 0 Å². The highest BCUT2D eigenvalue weighted by molar-refractivity contribution is 8.07. The molecule has 0 bridgehead atoms. The van der Waals surface area contributed by atoms with Gasteiger partial charge in [-0.05, 0) is 13.8 Å². The third kappa shape index (κ3) is 3.18. The van der Waals surface area contributed by atoms with E-state index in [0.29, 0.717) is 11.0 Å². The van der Waals surface area contributed by atoms with Gasteiger partial charge in [-0.15, -0.1) is 0 Å². The van der Waals surface area contributed by atoms with E-state index in [1.807, 2.05) is 13.8 Å². The Balaban J connectivity index is 3.00. The van der Waals surface area contributed by atoms with E-state index in [9.17, 15) is 0 Å². The Morgan fingerprint density at radius 1 is 1.44 bits per heavy atom. The van der Waals surface area contributed by atoms with Crippen molar-refractivity contribution in [1.82, 2.24) is 9.78 Å². The van der Waals surface area contributed by atoms with Crippen LogP contribution < -0.4 is 4.52 Å². The Bertz CT molecular complexity index is 402. The van der Waals surface area contributed by atoms with E-state index in [-0.39, 0.29) is 6.04 Å². The second-order valence-electron chi connectivity index (χ2n) is 3.25. The van der Waals surface area contributed by atoms with Crippen molar-refractivity contribution in [3.8, 4) is 5.88 Å². The van der Waals surface area contributed by atoms with E-state index in [0.717, 1.165) is 0 Å². The number of aromatic nitrogens is 2. The molecule has 1 aromatic heterocycles. The molecule has 0 N–H and O–H groups in total. The summed E-state index contributed by atoms with van der Waals surface area (Å²) in [7, 11) is 2.89. The van der Waals surface area contributed by atoms with Crippen molar-refractivity contribution in [3.05, 3.63) is 11.2 Å². The molecule has 0 aliphatic heterocycles. The minimum atomic E-state index is -2.74. The van der Waals surface area contributed by atoms with Crippen molar-refractivity contribution in [2.75, 3.05) is 14.2 Å². The first kappa shape index (κ1) is 13.9. The molecule has 5 nitrogen and oxygen atoms in total. The number of hydrogen-bond acceptors (Lipinski definition) is 5. The van der Waals surface area contributed by atoms with Gasteiger partial charge in [0.05, 0.1) is 6.04 Å². The molecule has 0 fully saturated rings. The Morgan fingerprint density at radius 3 is 2.44 bits per heavy atom. The van der Waals surface area contributed by atoms with Gasteiger partial charge in [0.25, 0.3) is 0 Å². The van der Waals surface area contributed by atoms with Gasteiger partial charge in [-0.3, -0.25) is 0 Å². The van der Waals surface area contributed by atoms with Crippen LogP contribution in [0, 0.1) is 0 Å². The van der Waals surface area contributed by atoms with Crippen LogP contribution in [0.3, 0.4) is 0 Å². The molecule has 0 saturated carbocycles. The number of halogens is 1. The highest BCUT2D eigenvalue weighted by atomic mass is 35.5. The molecular formula is C8H14ClN2O3PS. The summed E-state index contributed by atoms with van der Waals surface area (Å²) in [6.07, 6.45) is 0. The van der Waals surface area contributed by atoms with Gasteiger partial charge < -0.3 is 13.6 Å². The topological polar surface area (TPSA) is 45.5 Å². The van der Waals surface area contributed by atoms with Crippen molar-refractivity contribution >= 4 is 30.1 Å². The maximum absolute atomic E-state index is 5.81. The maximum Gasteiger partial charge on any atom is 0.381 e. The second kappa shape index (κ2) is 5.47. The fraction of sp³-hybridized carbons (Fsp3) is 0.625. The molecule has 1 heterocycles. The molecule has 8 heteroatoms. The zero-order chi connectivity index (χ0) is 12.3. The lowest BCUT2D eigenvalue weighted by Gasteiger charge is -2.19. The SMILES string of the molecule is COP(=S)(OC)Oc1cc(Cl)nn1C(C)C. The lowest BCUT2D eigenvalue weighted by Crippen LogP contribution is -2.07. The lowest BCUT2D eigenvalue weighted by atomic mass is 10.4. The lowest BCUT2D eigenvalue weighted by molar-refractivity contribution is 0.263. The summed E-state index contributed by atoms with van der Waals surface area (Å²) in [6, 6.07) is 1.69. The molecule has 1 aromatic rings. The Kier molecular flexibility index (Phi) is 4.76. The van der Waals surface area contributed by atoms with Crippen LogP contribution in [-0.2, 0) is 20.9 Å². The molecule has 0 radical (unpaired) electrons. The van der Waals surface area contributed by atoms with E-state index in [2.05, 4.69) is 5.10 Å². The van der Waals surface area contributed by atoms with Crippen molar-refractivity contribution in [1.29, 1.82) is 0 Å². The quantitative estimate of drug-likeness (QED) is 0.778. The number of hydrogen-bond donors (Lipinski definition) is 0. The molecule has 0 aliphatic rings. The third-order valence-electron chi connectivity index (χ3n) is 1.81. The molecule has 0 atom stereocenters. The van der Waals surface area contributed by atoms with Crippen molar-refractivity contribution in [2.24, 2.45) is 0 Å². The van der Waals surface area contributed by atoms with E-state index >= 15 is 0 Å². The predicted molar refractivity (Wildman–Crippen MR) is 66.6 cm³/mol. The second-order valence-corrected chi connectivity index (χ2v) is 6.78. The van der Waals surface area contributed by atoms with Crippen molar-refractivity contribution < 1.29 is 13.6 Å². The fourth-order valence-corrected chi connectivity index (χ4v) is 2.12. The monoisotopic (exact) mass is 284 g/mol. The molecule has 0 saturated heterocycles. The summed E-state index contributed by atoms with van der Waals surface area (Å²) in [6.45, 7) is 1.17. The highest BCUT2D eigenvalue weighted by Gasteiger charge is 2.22. The zero-order valence-corrected chi connectivity index (χ0v) is 12.0. The van der Waals surface area contributed by atoms with E-state index in [1.54, 1.807) is 10.7 Å². The summed E-state index contributed by atoms with van der Waals surface area (Å²) in [5.41, 5.74) is 0. The third-order valence-corrected chi connectivity index (χ3v) is 4.42. The molecule has 0 spiro atoms. The highest BCUT2D eigenvalue weighted by Crippen LogP contribution is 2.48. The van der Waals surface area contributed by atoms with Gasteiger partial charge in [-0.1, -0.05) is 11.6 Å². The van der Waals surface area contributed by atoms with Crippen molar-refractivity contribution in [2.45, 2.75) is 19.9 Å². The standard InChI is InChI=1S/C8H14ClN2O3PS/c1-6(2)11-8(5-7(9)10-11)14-15(16,12-3)13-4/h5-6H,1-4H3. The molecule has 16 heavy (non-hydrogen) atoms. The Morgan fingerprint density at radius 2 is 2.00 bits per heavy atom. The van der Waals surface area contributed by atoms with E-state index in [4.69, 9.17) is 37.0 Å². The predicted octanol–water partition coefficient (Wildman–Crippen LogP) is 3.01. The molecule has 0 aromatic carbocycles. The smallest absolute Gasteiger partial charge is 0.381 e. The van der Waals surface area contributed by atoms with Gasteiger partial charge in [0, 0.05) is 32.1 Å². The molecule has 1 rings (SSSR count). The van der Waals surface area contributed by atoms with Gasteiger partial charge >= 0.3 is 6.72 Å². The van der Waals surface area contributed by atoms with Crippen molar-refractivity contribution in [3.63, 3.8) is 0 Å². The molecule has 0 amide bonds. The summed E-state index contributed by atoms with van der Waals surface area (Å²) in [5, 5.41) is 4.43. The van der Waals surface area contributed by atoms with Gasteiger partial charge in [-0.25, -0.2) is 4.68 Å². The van der Waals surface area contributed by atoms with Crippen LogP contribution in [0.5, 0.6) is 5.88 Å². The molecule has 92 valence electrons. The average Bonchev–Trinajstić information content (AvgIpc) is 2.59. The van der Waals surface area contributed by atoms with Gasteiger partial charge in [0.2, 0.25) is 5.88 Å². The Labute approximate surface area is 105 Å². The summed E-state index contributed by atoms with van der Waals surface area (Å²) in [5.74, 6) is 0.451. The first-order chi connectivity index (χ1) is 7.41. The van der Waals surface area contributed by atoms with Crippen LogP contribution in [0.2, 0.25) is 5.15 Å². The van der Waals surface area contributed by atoms with Gasteiger partial charge in [0.15, 0.2) is 5.15 Å². The first-order valence-electron chi connectivity index (χ1n) is 4.58. The normalized spacial score (nSPS) is 12.1. The van der Waals surface area contributed by atoms with E-state index < -0.39 is 6.72 Å². The largest absolute Gasteiger partial charge is 0.406 e. The van der Waals surface area contributed by atoms with Crippen LogP contribution in [0.1, 0.15) is 19.9 Å². The molecule has 0 unspecified atom stereocenters. The average molecular weight is 285 g/mol. The van der Waals surface area contributed by atoms with Crippen LogP contribution in [0.25, 0.3) is 0 Å².